The molecule has 3 nitrogen and oxygen atoms in total. The molecule has 1 aromatic rings. The van der Waals surface area contributed by atoms with E-state index >= 15 is 0 Å². The maximum atomic E-state index is 5.37. The molecule has 96 valence electrons. The fraction of sp³-hybridized carbons (Fsp3) is 0.571. The van der Waals surface area contributed by atoms with Crippen LogP contribution in [-0.4, -0.2) is 27.5 Å². The Kier molecular flexibility index (Phi) is 6.01. The van der Waals surface area contributed by atoms with Crippen molar-refractivity contribution in [2.24, 2.45) is 0 Å². The fourth-order valence-corrected chi connectivity index (χ4v) is 1.80. The second-order valence-electron chi connectivity index (χ2n) is 4.41. The summed E-state index contributed by atoms with van der Waals surface area (Å²) in [6.45, 7) is 5.90. The van der Waals surface area contributed by atoms with Crippen LogP contribution in [0.5, 0.6) is 5.75 Å². The third-order valence-corrected chi connectivity index (χ3v) is 2.75. The van der Waals surface area contributed by atoms with E-state index in [0.29, 0.717) is 12.6 Å². The van der Waals surface area contributed by atoms with Crippen LogP contribution in [0.2, 0.25) is 0 Å². The lowest BCUT2D eigenvalue weighted by molar-refractivity contribution is 0.176. The van der Waals surface area contributed by atoms with Gasteiger partial charge in [-0.3, -0.25) is 5.32 Å². The molecule has 0 aliphatic carbocycles. The van der Waals surface area contributed by atoms with Crippen molar-refractivity contribution in [2.45, 2.75) is 26.2 Å². The molecular weight excluding hydrogens is 214 g/mol. The first-order chi connectivity index (χ1) is 8.19. The Morgan fingerprint density at radius 3 is 2.59 bits per heavy atom. The Hall–Kier alpha value is -1.06. The maximum absolute atomic E-state index is 5.37. The minimum Gasteiger partial charge on any atom is -0.496 e. The van der Waals surface area contributed by atoms with Crippen LogP contribution in [0.15, 0.2) is 18.2 Å². The van der Waals surface area contributed by atoms with E-state index in [0.717, 1.165) is 18.7 Å². The molecule has 0 amide bonds. The van der Waals surface area contributed by atoms with Crippen molar-refractivity contribution in [3.8, 4) is 5.75 Å². The molecule has 0 heterocycles. The number of nitrogens with one attached hydrogen (secondary N) is 1. The van der Waals surface area contributed by atoms with Crippen LogP contribution >= 0.6 is 0 Å². The average Bonchev–Trinajstić information content (AvgIpc) is 2.34. The smallest absolute Gasteiger partial charge is 0.122 e. The summed E-state index contributed by atoms with van der Waals surface area (Å²) < 4.78 is 10.3. The molecule has 0 atom stereocenters. The van der Waals surface area contributed by atoms with Crippen LogP contribution in [0.1, 0.15) is 30.9 Å². The van der Waals surface area contributed by atoms with Gasteiger partial charge in [0.05, 0.1) is 13.8 Å². The van der Waals surface area contributed by atoms with Gasteiger partial charge in [0.2, 0.25) is 0 Å². The van der Waals surface area contributed by atoms with Gasteiger partial charge in [-0.1, -0.05) is 26.0 Å². The summed E-state index contributed by atoms with van der Waals surface area (Å²) in [6.07, 6.45) is 1.01. The fourth-order valence-electron chi connectivity index (χ4n) is 1.80. The standard InChI is InChI=1S/C14H23NO2/c1-11(2)13-9-12(5-6-14(13)17-4)7-8-15-10-16-3/h5-6,9,11,15H,7-8,10H2,1-4H3. The first-order valence-corrected chi connectivity index (χ1v) is 6.05. The minimum atomic E-state index is 0.483. The van der Waals surface area contributed by atoms with Crippen LogP contribution < -0.4 is 10.1 Å². The predicted octanol–water partition coefficient (Wildman–Crippen LogP) is 2.55. The summed E-state index contributed by atoms with van der Waals surface area (Å²) >= 11 is 0. The van der Waals surface area contributed by atoms with Gasteiger partial charge in [-0.15, -0.1) is 0 Å². The summed E-state index contributed by atoms with van der Waals surface area (Å²) in [6, 6.07) is 6.41. The van der Waals surface area contributed by atoms with E-state index in [1.807, 2.05) is 0 Å². The molecule has 0 unspecified atom stereocenters. The largest absolute Gasteiger partial charge is 0.496 e. The number of methoxy groups -OCH3 is 2. The zero-order chi connectivity index (χ0) is 12.7. The number of hydrogen-bond acceptors (Lipinski definition) is 3. The number of rotatable bonds is 7. The summed E-state index contributed by atoms with van der Waals surface area (Å²) in [5.41, 5.74) is 2.61. The molecule has 1 rings (SSSR count). The quantitative estimate of drug-likeness (QED) is 0.584. The third kappa shape index (κ3) is 4.36. The lowest BCUT2D eigenvalue weighted by Crippen LogP contribution is -2.19. The average molecular weight is 237 g/mol. The SMILES string of the molecule is COCNCCc1ccc(OC)c(C(C)C)c1. The summed E-state index contributed by atoms with van der Waals surface area (Å²) in [4.78, 5) is 0. The molecule has 0 fully saturated rings. The van der Waals surface area contributed by atoms with Gasteiger partial charge in [0.15, 0.2) is 0 Å². The molecule has 0 bridgehead atoms. The van der Waals surface area contributed by atoms with Crippen molar-refractivity contribution in [3.63, 3.8) is 0 Å². The molecule has 0 aliphatic rings. The summed E-state index contributed by atoms with van der Waals surface area (Å²) in [7, 11) is 3.41. The molecule has 0 radical (unpaired) electrons. The monoisotopic (exact) mass is 237 g/mol. The number of benzene rings is 1. The molecule has 0 saturated heterocycles. The highest BCUT2D eigenvalue weighted by Gasteiger charge is 2.07. The molecule has 0 saturated carbocycles. The third-order valence-electron chi connectivity index (χ3n) is 2.75. The van der Waals surface area contributed by atoms with Crippen molar-refractivity contribution in [3.05, 3.63) is 29.3 Å². The highest BCUT2D eigenvalue weighted by Crippen LogP contribution is 2.27. The second kappa shape index (κ2) is 7.30. The van der Waals surface area contributed by atoms with E-state index in [-0.39, 0.29) is 0 Å². The Balaban J connectivity index is 2.64. The lowest BCUT2D eigenvalue weighted by atomic mass is 9.98. The molecule has 3 heteroatoms. The normalized spacial score (nSPS) is 10.9. The van der Waals surface area contributed by atoms with Crippen molar-refractivity contribution in [1.82, 2.24) is 5.32 Å². The second-order valence-corrected chi connectivity index (χ2v) is 4.41. The highest BCUT2D eigenvalue weighted by atomic mass is 16.5. The van der Waals surface area contributed by atoms with E-state index in [9.17, 15) is 0 Å². The summed E-state index contributed by atoms with van der Waals surface area (Å²) in [5, 5.41) is 3.21. The van der Waals surface area contributed by atoms with Crippen LogP contribution in [0, 0.1) is 0 Å². The van der Waals surface area contributed by atoms with Crippen molar-refractivity contribution >= 4 is 0 Å². The van der Waals surface area contributed by atoms with Gasteiger partial charge >= 0.3 is 0 Å². The minimum absolute atomic E-state index is 0.483. The van der Waals surface area contributed by atoms with Crippen molar-refractivity contribution in [1.29, 1.82) is 0 Å². The number of hydrogen-bond donors (Lipinski definition) is 1. The van der Waals surface area contributed by atoms with Crippen molar-refractivity contribution in [2.75, 3.05) is 27.5 Å². The highest BCUT2D eigenvalue weighted by molar-refractivity contribution is 5.39. The van der Waals surface area contributed by atoms with Crippen LogP contribution in [0.3, 0.4) is 0 Å². The molecular formula is C14H23NO2. The maximum Gasteiger partial charge on any atom is 0.122 e. The van der Waals surface area contributed by atoms with Crippen LogP contribution in [-0.2, 0) is 11.2 Å². The van der Waals surface area contributed by atoms with Gasteiger partial charge < -0.3 is 9.47 Å². The van der Waals surface area contributed by atoms with Gasteiger partial charge in [-0.2, -0.15) is 0 Å². The Labute approximate surface area is 104 Å². The van der Waals surface area contributed by atoms with E-state index in [4.69, 9.17) is 9.47 Å². The molecule has 17 heavy (non-hydrogen) atoms. The summed E-state index contributed by atoms with van der Waals surface area (Å²) in [5.74, 6) is 1.46. The predicted molar refractivity (Wildman–Crippen MR) is 70.7 cm³/mol. The van der Waals surface area contributed by atoms with Crippen LogP contribution in [0.4, 0.5) is 0 Å². The van der Waals surface area contributed by atoms with E-state index in [1.54, 1.807) is 14.2 Å². The first-order valence-electron chi connectivity index (χ1n) is 6.05. The van der Waals surface area contributed by atoms with Crippen LogP contribution in [0.25, 0.3) is 0 Å². The zero-order valence-electron chi connectivity index (χ0n) is 11.2. The molecule has 0 aromatic heterocycles. The van der Waals surface area contributed by atoms with Gasteiger partial charge in [0.1, 0.15) is 5.75 Å². The Morgan fingerprint density at radius 1 is 1.24 bits per heavy atom. The zero-order valence-corrected chi connectivity index (χ0v) is 11.2. The first kappa shape index (κ1) is 14.0. The molecule has 1 N–H and O–H groups in total. The van der Waals surface area contributed by atoms with Crippen molar-refractivity contribution < 1.29 is 9.47 Å². The van der Waals surface area contributed by atoms with E-state index in [1.165, 1.54) is 11.1 Å². The number of ether oxygens (including phenoxy) is 2. The van der Waals surface area contributed by atoms with Gasteiger partial charge in [-0.25, -0.2) is 0 Å². The topological polar surface area (TPSA) is 30.5 Å². The Morgan fingerprint density at radius 2 is 2.00 bits per heavy atom. The van der Waals surface area contributed by atoms with Gasteiger partial charge in [0.25, 0.3) is 0 Å². The van der Waals surface area contributed by atoms with Gasteiger partial charge in [0, 0.05) is 13.7 Å². The molecule has 0 aliphatic heterocycles. The molecule has 0 spiro atoms. The van der Waals surface area contributed by atoms with E-state index < -0.39 is 0 Å². The lowest BCUT2D eigenvalue weighted by Gasteiger charge is -2.13. The van der Waals surface area contributed by atoms with Gasteiger partial charge in [-0.05, 0) is 29.5 Å². The molecule has 1 aromatic carbocycles. The van der Waals surface area contributed by atoms with E-state index in [2.05, 4.69) is 37.4 Å². The Bertz CT molecular complexity index is 337.